The highest BCUT2D eigenvalue weighted by atomic mass is 35.5. The van der Waals surface area contributed by atoms with Crippen LogP contribution in [0.15, 0.2) is 24.3 Å². The Hall–Kier alpha value is -0.530. The van der Waals surface area contributed by atoms with Crippen LogP contribution in [-0.4, -0.2) is 12.6 Å². The Morgan fingerprint density at radius 1 is 1.28 bits per heavy atom. The van der Waals surface area contributed by atoms with E-state index in [1.807, 2.05) is 12.1 Å². The fraction of sp³-hybridized carbons (Fsp3) is 0.625. The van der Waals surface area contributed by atoms with E-state index >= 15 is 0 Å². The molecule has 1 aliphatic rings. The van der Waals surface area contributed by atoms with Crippen molar-refractivity contribution in [3.8, 4) is 0 Å². The zero-order valence-electron chi connectivity index (χ0n) is 11.7. The lowest BCUT2D eigenvalue weighted by atomic mass is 9.74. The molecule has 0 aliphatic heterocycles. The van der Waals surface area contributed by atoms with E-state index in [2.05, 4.69) is 38.2 Å². The molecule has 18 heavy (non-hydrogen) atoms. The number of hydrogen-bond acceptors (Lipinski definition) is 1. The molecule has 0 heterocycles. The average molecular weight is 266 g/mol. The van der Waals surface area contributed by atoms with Crippen molar-refractivity contribution >= 4 is 11.6 Å². The van der Waals surface area contributed by atoms with Gasteiger partial charge in [0.1, 0.15) is 0 Å². The molecule has 0 saturated heterocycles. The summed E-state index contributed by atoms with van der Waals surface area (Å²) in [5.41, 5.74) is 1.70. The van der Waals surface area contributed by atoms with Gasteiger partial charge in [-0.2, -0.15) is 0 Å². The number of nitrogens with one attached hydrogen (secondary N) is 1. The molecule has 0 aromatic heterocycles. The predicted octanol–water partition coefficient (Wildman–Crippen LogP) is 4.30. The SMILES string of the molecule is CC(C)C(C)(CNC1CC1)Cc1ccc(Cl)cc1. The number of halogens is 1. The Morgan fingerprint density at radius 2 is 1.89 bits per heavy atom. The van der Waals surface area contributed by atoms with E-state index in [9.17, 15) is 0 Å². The van der Waals surface area contributed by atoms with Gasteiger partial charge >= 0.3 is 0 Å². The van der Waals surface area contributed by atoms with Crippen LogP contribution in [0.2, 0.25) is 5.02 Å². The number of hydrogen-bond donors (Lipinski definition) is 1. The fourth-order valence-corrected chi connectivity index (χ4v) is 2.33. The van der Waals surface area contributed by atoms with Gasteiger partial charge < -0.3 is 5.32 Å². The predicted molar refractivity (Wildman–Crippen MR) is 79.1 cm³/mol. The van der Waals surface area contributed by atoms with Crippen molar-refractivity contribution < 1.29 is 0 Å². The van der Waals surface area contributed by atoms with E-state index < -0.39 is 0 Å². The first-order valence-corrected chi connectivity index (χ1v) is 7.35. The standard InChI is InChI=1S/C16H24ClN/c1-12(2)16(3,11-18-15-8-9-15)10-13-4-6-14(17)7-5-13/h4-7,12,15,18H,8-11H2,1-3H3. The molecular formula is C16H24ClN. The van der Waals surface area contributed by atoms with Crippen molar-refractivity contribution in [1.29, 1.82) is 0 Å². The lowest BCUT2D eigenvalue weighted by molar-refractivity contribution is 0.206. The fourth-order valence-electron chi connectivity index (χ4n) is 2.20. The molecule has 2 rings (SSSR count). The molecule has 1 N–H and O–H groups in total. The van der Waals surface area contributed by atoms with Crippen molar-refractivity contribution in [2.24, 2.45) is 11.3 Å². The molecule has 1 atom stereocenters. The summed E-state index contributed by atoms with van der Waals surface area (Å²) in [6.45, 7) is 8.15. The van der Waals surface area contributed by atoms with Crippen LogP contribution < -0.4 is 5.32 Å². The van der Waals surface area contributed by atoms with Gasteiger partial charge in [0, 0.05) is 17.6 Å². The Labute approximate surface area is 116 Å². The van der Waals surface area contributed by atoms with E-state index in [1.54, 1.807) is 0 Å². The normalized spacial score (nSPS) is 18.9. The smallest absolute Gasteiger partial charge is 0.0406 e. The molecule has 0 amide bonds. The Morgan fingerprint density at radius 3 is 2.39 bits per heavy atom. The molecule has 100 valence electrons. The second-order valence-electron chi connectivity index (χ2n) is 6.27. The van der Waals surface area contributed by atoms with Crippen molar-refractivity contribution in [1.82, 2.24) is 5.32 Å². The largest absolute Gasteiger partial charge is 0.313 e. The molecule has 0 spiro atoms. The molecule has 1 aliphatic carbocycles. The van der Waals surface area contributed by atoms with Gasteiger partial charge in [-0.15, -0.1) is 0 Å². The summed E-state index contributed by atoms with van der Waals surface area (Å²) < 4.78 is 0. The molecule has 0 radical (unpaired) electrons. The van der Waals surface area contributed by atoms with Crippen molar-refractivity contribution in [3.05, 3.63) is 34.9 Å². The molecule has 1 nitrogen and oxygen atoms in total. The van der Waals surface area contributed by atoms with Crippen LogP contribution in [0.25, 0.3) is 0 Å². The molecule has 0 bridgehead atoms. The maximum absolute atomic E-state index is 5.94. The molecule has 1 aromatic rings. The maximum Gasteiger partial charge on any atom is 0.0406 e. The van der Waals surface area contributed by atoms with Crippen molar-refractivity contribution in [2.75, 3.05) is 6.54 Å². The van der Waals surface area contributed by atoms with Crippen LogP contribution in [-0.2, 0) is 6.42 Å². The lowest BCUT2D eigenvalue weighted by Crippen LogP contribution is -2.38. The minimum absolute atomic E-state index is 0.316. The molecule has 1 unspecified atom stereocenters. The first-order valence-electron chi connectivity index (χ1n) is 6.97. The van der Waals surface area contributed by atoms with Gasteiger partial charge in [0.15, 0.2) is 0 Å². The second kappa shape index (κ2) is 5.63. The Balaban J connectivity index is 2.01. The summed E-state index contributed by atoms with van der Waals surface area (Å²) >= 11 is 5.94. The molecule has 1 fully saturated rings. The third-order valence-electron chi connectivity index (χ3n) is 4.29. The zero-order chi connectivity index (χ0) is 13.2. The quantitative estimate of drug-likeness (QED) is 0.809. The third-order valence-corrected chi connectivity index (χ3v) is 4.54. The van der Waals surface area contributed by atoms with Crippen LogP contribution in [0.3, 0.4) is 0 Å². The Bertz CT molecular complexity index is 381. The minimum atomic E-state index is 0.316. The molecule has 1 aromatic carbocycles. The first kappa shape index (κ1) is 13.9. The zero-order valence-corrected chi connectivity index (χ0v) is 12.4. The summed E-state index contributed by atoms with van der Waals surface area (Å²) in [7, 11) is 0. The number of rotatable bonds is 6. The highest BCUT2D eigenvalue weighted by Gasteiger charge is 2.31. The molecule has 1 saturated carbocycles. The first-order chi connectivity index (χ1) is 8.49. The number of benzene rings is 1. The Kier molecular flexibility index (Phi) is 4.34. The van der Waals surface area contributed by atoms with Gasteiger partial charge in [-0.3, -0.25) is 0 Å². The summed E-state index contributed by atoms with van der Waals surface area (Å²) in [5.74, 6) is 0.666. The summed E-state index contributed by atoms with van der Waals surface area (Å²) in [5, 5.41) is 4.50. The maximum atomic E-state index is 5.94. The van der Waals surface area contributed by atoms with Crippen LogP contribution in [0.4, 0.5) is 0 Å². The van der Waals surface area contributed by atoms with Crippen LogP contribution >= 0.6 is 11.6 Å². The average Bonchev–Trinajstić information content (AvgIpc) is 3.13. The minimum Gasteiger partial charge on any atom is -0.313 e. The third kappa shape index (κ3) is 3.73. The van der Waals surface area contributed by atoms with Crippen LogP contribution in [0.5, 0.6) is 0 Å². The van der Waals surface area contributed by atoms with E-state index in [0.29, 0.717) is 11.3 Å². The van der Waals surface area contributed by atoms with Gasteiger partial charge in [-0.05, 0) is 48.3 Å². The highest BCUT2D eigenvalue weighted by molar-refractivity contribution is 6.30. The van der Waals surface area contributed by atoms with Gasteiger partial charge in [0.25, 0.3) is 0 Å². The van der Waals surface area contributed by atoms with Gasteiger partial charge in [-0.1, -0.05) is 44.5 Å². The summed E-state index contributed by atoms with van der Waals surface area (Å²) in [6, 6.07) is 9.08. The lowest BCUT2D eigenvalue weighted by Gasteiger charge is -2.34. The summed E-state index contributed by atoms with van der Waals surface area (Å²) in [6.07, 6.45) is 3.83. The van der Waals surface area contributed by atoms with Gasteiger partial charge in [0.2, 0.25) is 0 Å². The highest BCUT2D eigenvalue weighted by Crippen LogP contribution is 2.32. The molecular weight excluding hydrogens is 242 g/mol. The van der Waals surface area contributed by atoms with Crippen molar-refractivity contribution in [2.45, 2.75) is 46.1 Å². The van der Waals surface area contributed by atoms with Gasteiger partial charge in [-0.25, -0.2) is 0 Å². The second-order valence-corrected chi connectivity index (χ2v) is 6.70. The van der Waals surface area contributed by atoms with Gasteiger partial charge in [0.05, 0.1) is 0 Å². The van der Waals surface area contributed by atoms with E-state index in [0.717, 1.165) is 24.0 Å². The van der Waals surface area contributed by atoms with Crippen LogP contribution in [0, 0.1) is 11.3 Å². The van der Waals surface area contributed by atoms with E-state index in [-0.39, 0.29) is 0 Å². The topological polar surface area (TPSA) is 12.0 Å². The molecule has 2 heteroatoms. The van der Waals surface area contributed by atoms with Crippen molar-refractivity contribution in [3.63, 3.8) is 0 Å². The van der Waals surface area contributed by atoms with E-state index in [4.69, 9.17) is 11.6 Å². The van der Waals surface area contributed by atoms with E-state index in [1.165, 1.54) is 18.4 Å². The summed E-state index contributed by atoms with van der Waals surface area (Å²) in [4.78, 5) is 0. The van der Waals surface area contributed by atoms with Crippen LogP contribution in [0.1, 0.15) is 39.2 Å². The monoisotopic (exact) mass is 265 g/mol.